The molecule has 8 heteroatoms. The Kier molecular flexibility index (Phi) is 12.2. The first-order chi connectivity index (χ1) is 11.1. The Morgan fingerprint density at radius 2 is 1.68 bits per heavy atom. The van der Waals surface area contributed by atoms with E-state index in [1.54, 1.807) is 14.2 Å². The van der Waals surface area contributed by atoms with E-state index in [-0.39, 0.29) is 24.8 Å². The summed E-state index contributed by atoms with van der Waals surface area (Å²) in [6.45, 7) is 5.56. The number of hydrogen-bond acceptors (Lipinski definition) is 6. The summed E-state index contributed by atoms with van der Waals surface area (Å²) < 4.78 is 16.1. The molecular formula is C17H30Cl2N2O4. The van der Waals surface area contributed by atoms with Crippen LogP contribution in [0.5, 0.6) is 11.5 Å². The zero-order chi connectivity index (χ0) is 16.7. The number of halogens is 2. The number of aliphatic hydroxyl groups is 1. The van der Waals surface area contributed by atoms with Crippen LogP contribution in [0.3, 0.4) is 0 Å². The molecule has 0 saturated carbocycles. The number of piperazine rings is 1. The smallest absolute Gasteiger partial charge is 0.161 e. The van der Waals surface area contributed by atoms with Gasteiger partial charge in [-0.2, -0.15) is 0 Å². The number of benzene rings is 1. The van der Waals surface area contributed by atoms with E-state index in [0.29, 0.717) is 31.3 Å². The highest BCUT2D eigenvalue weighted by molar-refractivity contribution is 5.85. The molecule has 1 saturated heterocycles. The van der Waals surface area contributed by atoms with Gasteiger partial charge < -0.3 is 24.2 Å². The first kappa shape index (κ1) is 24.2. The van der Waals surface area contributed by atoms with Crippen LogP contribution in [-0.4, -0.2) is 81.6 Å². The lowest BCUT2D eigenvalue weighted by atomic mass is 10.2. The second-order valence-electron chi connectivity index (χ2n) is 5.96. The average molecular weight is 397 g/mol. The van der Waals surface area contributed by atoms with E-state index in [0.717, 1.165) is 31.7 Å². The Bertz CT molecular complexity index is 486. The summed E-state index contributed by atoms with van der Waals surface area (Å²) in [7, 11) is 5.35. The summed E-state index contributed by atoms with van der Waals surface area (Å²) in [4.78, 5) is 4.58. The third-order valence-corrected chi connectivity index (χ3v) is 4.09. The Labute approximate surface area is 162 Å². The van der Waals surface area contributed by atoms with Crippen molar-refractivity contribution in [1.82, 2.24) is 9.80 Å². The monoisotopic (exact) mass is 396 g/mol. The number of aliphatic hydroxyl groups excluding tert-OH is 1. The van der Waals surface area contributed by atoms with E-state index < -0.39 is 6.10 Å². The van der Waals surface area contributed by atoms with Gasteiger partial charge in [0, 0.05) is 32.7 Å². The third kappa shape index (κ3) is 7.98. The van der Waals surface area contributed by atoms with Crippen molar-refractivity contribution in [2.24, 2.45) is 0 Å². The molecule has 25 heavy (non-hydrogen) atoms. The van der Waals surface area contributed by atoms with Crippen LogP contribution in [0.2, 0.25) is 0 Å². The van der Waals surface area contributed by atoms with Crippen molar-refractivity contribution in [3.8, 4) is 11.5 Å². The van der Waals surface area contributed by atoms with E-state index in [9.17, 15) is 5.11 Å². The molecule has 1 aromatic carbocycles. The minimum Gasteiger partial charge on any atom is -0.493 e. The molecule has 0 radical (unpaired) electrons. The molecule has 1 fully saturated rings. The predicted molar refractivity (Wildman–Crippen MR) is 104 cm³/mol. The van der Waals surface area contributed by atoms with Gasteiger partial charge in [0.05, 0.1) is 33.5 Å². The van der Waals surface area contributed by atoms with E-state index in [4.69, 9.17) is 14.2 Å². The second kappa shape index (κ2) is 12.6. The Hall–Kier alpha value is -0.760. The maximum absolute atomic E-state index is 10.1. The van der Waals surface area contributed by atoms with E-state index in [1.807, 2.05) is 18.2 Å². The first-order valence-corrected chi connectivity index (χ1v) is 8.00. The van der Waals surface area contributed by atoms with E-state index >= 15 is 0 Å². The molecule has 1 aliphatic rings. The lowest BCUT2D eigenvalue weighted by molar-refractivity contribution is 0.00292. The minimum atomic E-state index is -0.460. The molecule has 2 rings (SSSR count). The molecule has 1 unspecified atom stereocenters. The van der Waals surface area contributed by atoms with Crippen LogP contribution >= 0.6 is 24.8 Å². The number of hydrogen-bond donors (Lipinski definition) is 1. The number of rotatable bonds is 8. The molecule has 0 amide bonds. The Morgan fingerprint density at radius 3 is 2.28 bits per heavy atom. The molecule has 0 aromatic heterocycles. The van der Waals surface area contributed by atoms with E-state index in [2.05, 4.69) is 16.8 Å². The van der Waals surface area contributed by atoms with Crippen molar-refractivity contribution in [1.29, 1.82) is 0 Å². The van der Waals surface area contributed by atoms with Gasteiger partial charge in [-0.15, -0.1) is 24.8 Å². The van der Waals surface area contributed by atoms with Crippen molar-refractivity contribution in [3.05, 3.63) is 23.8 Å². The topological polar surface area (TPSA) is 54.4 Å². The zero-order valence-corrected chi connectivity index (χ0v) is 16.8. The van der Waals surface area contributed by atoms with Gasteiger partial charge in [-0.1, -0.05) is 6.07 Å². The van der Waals surface area contributed by atoms with Crippen LogP contribution in [0.25, 0.3) is 0 Å². The molecular weight excluding hydrogens is 367 g/mol. The molecule has 0 bridgehead atoms. The van der Waals surface area contributed by atoms with Crippen LogP contribution in [0, 0.1) is 0 Å². The first-order valence-electron chi connectivity index (χ1n) is 8.00. The molecule has 1 aliphatic heterocycles. The largest absolute Gasteiger partial charge is 0.493 e. The van der Waals surface area contributed by atoms with E-state index in [1.165, 1.54) is 0 Å². The Balaban J connectivity index is 0.00000288. The molecule has 1 aromatic rings. The van der Waals surface area contributed by atoms with Crippen LogP contribution in [0.15, 0.2) is 18.2 Å². The molecule has 1 heterocycles. The number of nitrogens with zero attached hydrogens (tertiary/aromatic N) is 2. The van der Waals surface area contributed by atoms with Crippen LogP contribution in [-0.2, 0) is 11.3 Å². The molecule has 0 aliphatic carbocycles. The zero-order valence-electron chi connectivity index (χ0n) is 15.1. The van der Waals surface area contributed by atoms with Crippen molar-refractivity contribution in [3.63, 3.8) is 0 Å². The average Bonchev–Trinajstić information content (AvgIpc) is 2.56. The normalized spacial score (nSPS) is 16.5. The molecule has 0 spiro atoms. The fourth-order valence-electron chi connectivity index (χ4n) is 2.66. The molecule has 6 nitrogen and oxygen atoms in total. The molecule has 1 N–H and O–H groups in total. The van der Waals surface area contributed by atoms with Gasteiger partial charge in [-0.3, -0.25) is 4.90 Å². The van der Waals surface area contributed by atoms with Gasteiger partial charge in [0.2, 0.25) is 0 Å². The maximum atomic E-state index is 10.1. The van der Waals surface area contributed by atoms with Gasteiger partial charge >= 0.3 is 0 Å². The number of ether oxygens (including phenoxy) is 3. The van der Waals surface area contributed by atoms with Gasteiger partial charge in [-0.25, -0.2) is 0 Å². The lowest BCUT2D eigenvalue weighted by Gasteiger charge is -2.33. The maximum Gasteiger partial charge on any atom is 0.161 e. The van der Waals surface area contributed by atoms with Crippen molar-refractivity contribution >= 4 is 24.8 Å². The van der Waals surface area contributed by atoms with Gasteiger partial charge in [0.25, 0.3) is 0 Å². The summed E-state index contributed by atoms with van der Waals surface area (Å²) in [6.07, 6.45) is -0.460. The molecule has 146 valence electrons. The highest BCUT2D eigenvalue weighted by Crippen LogP contribution is 2.27. The summed E-state index contributed by atoms with van der Waals surface area (Å²) in [6, 6.07) is 5.69. The van der Waals surface area contributed by atoms with Gasteiger partial charge in [0.1, 0.15) is 0 Å². The fourth-order valence-corrected chi connectivity index (χ4v) is 2.66. The van der Waals surface area contributed by atoms with Crippen LogP contribution in [0.4, 0.5) is 0 Å². The van der Waals surface area contributed by atoms with Crippen molar-refractivity contribution in [2.75, 3.05) is 60.6 Å². The summed E-state index contributed by atoms with van der Waals surface area (Å²) >= 11 is 0. The van der Waals surface area contributed by atoms with Crippen LogP contribution < -0.4 is 9.47 Å². The highest BCUT2D eigenvalue weighted by atomic mass is 35.5. The molecule has 1 atom stereocenters. The van der Waals surface area contributed by atoms with Crippen molar-refractivity contribution in [2.45, 2.75) is 12.7 Å². The van der Waals surface area contributed by atoms with Gasteiger partial charge in [0.15, 0.2) is 11.5 Å². The number of likely N-dealkylation sites (N-methyl/N-ethyl adjacent to an activating group) is 1. The third-order valence-electron chi connectivity index (χ3n) is 4.09. The summed E-state index contributed by atoms with van der Waals surface area (Å²) in [5.41, 5.74) is 0.995. The van der Waals surface area contributed by atoms with Crippen LogP contribution in [0.1, 0.15) is 5.56 Å². The summed E-state index contributed by atoms with van der Waals surface area (Å²) in [5.74, 6) is 1.39. The minimum absolute atomic E-state index is 0. The fraction of sp³-hybridized carbons (Fsp3) is 0.647. The SMILES string of the molecule is COc1ccc(COCC(O)CN2CCN(C)CC2)cc1OC.Cl.Cl. The van der Waals surface area contributed by atoms with Gasteiger partial charge in [-0.05, 0) is 24.7 Å². The second-order valence-corrected chi connectivity index (χ2v) is 5.96. The predicted octanol–water partition coefficient (Wildman–Crippen LogP) is 1.67. The van der Waals surface area contributed by atoms with Crippen molar-refractivity contribution < 1.29 is 19.3 Å². The number of β-amino-alcohol motifs (C(OH)–C–C–N with tert-alkyl or cyclic N) is 1. The summed E-state index contributed by atoms with van der Waals surface area (Å²) in [5, 5.41) is 10.1. The number of methoxy groups -OCH3 is 2. The lowest BCUT2D eigenvalue weighted by Crippen LogP contribution is -2.47. The standard InChI is InChI=1S/C17H28N2O4.2ClH/c1-18-6-8-19(9-7-18)11-15(20)13-23-12-14-4-5-16(21-2)17(10-14)22-3;;/h4-5,10,15,20H,6-9,11-13H2,1-3H3;2*1H. The highest BCUT2D eigenvalue weighted by Gasteiger charge is 2.17. The quantitative estimate of drug-likeness (QED) is 0.721. The Morgan fingerprint density at radius 1 is 1.04 bits per heavy atom.